The van der Waals surface area contributed by atoms with Gasteiger partial charge in [0, 0.05) is 25.6 Å². The molecule has 1 aromatic carbocycles. The topological polar surface area (TPSA) is 38.5 Å². The van der Waals surface area contributed by atoms with Crippen molar-refractivity contribution in [1.29, 1.82) is 0 Å². The van der Waals surface area contributed by atoms with E-state index >= 15 is 0 Å². The van der Waals surface area contributed by atoms with Gasteiger partial charge < -0.3 is 15.4 Å². The molecule has 1 heterocycles. The fraction of sp³-hybridized carbons (Fsp3) is 0.562. The van der Waals surface area contributed by atoms with E-state index in [0.29, 0.717) is 10.9 Å². The van der Waals surface area contributed by atoms with Crippen molar-refractivity contribution in [3.05, 3.63) is 35.9 Å². The maximum Gasteiger partial charge on any atom is 0.0816 e. The Balaban J connectivity index is 1.92. The largest absolute Gasteiger partial charge is 0.393 e. The first-order valence-corrected chi connectivity index (χ1v) is 7.68. The summed E-state index contributed by atoms with van der Waals surface area (Å²) in [5, 5.41) is 0. The Labute approximate surface area is 127 Å². The number of benzene rings is 1. The normalized spacial score (nSPS) is 20.8. The van der Waals surface area contributed by atoms with Crippen molar-refractivity contribution in [2.24, 2.45) is 11.7 Å². The minimum Gasteiger partial charge on any atom is -0.393 e. The zero-order valence-corrected chi connectivity index (χ0v) is 12.9. The number of hydrogen-bond donors (Lipinski definition) is 1. The smallest absolute Gasteiger partial charge is 0.0816 e. The van der Waals surface area contributed by atoms with Crippen LogP contribution in [0.2, 0.25) is 0 Å². The van der Waals surface area contributed by atoms with Crippen molar-refractivity contribution in [3.8, 4) is 0 Å². The first-order chi connectivity index (χ1) is 9.66. The molecule has 1 aliphatic heterocycles. The molecule has 2 atom stereocenters. The van der Waals surface area contributed by atoms with E-state index in [-0.39, 0.29) is 5.92 Å². The number of likely N-dealkylation sites (N-methyl/N-ethyl adjacent to an activating group) is 1. The molecule has 0 spiro atoms. The van der Waals surface area contributed by atoms with E-state index in [1.807, 2.05) is 18.2 Å². The summed E-state index contributed by atoms with van der Waals surface area (Å²) in [6.45, 7) is 3.72. The SMILES string of the molecule is CN(CC1CCCOC1)CC(C(N)=S)c1ccccc1. The van der Waals surface area contributed by atoms with Gasteiger partial charge in [0.05, 0.1) is 11.6 Å². The van der Waals surface area contributed by atoms with Crippen LogP contribution < -0.4 is 5.73 Å². The average Bonchev–Trinajstić information content (AvgIpc) is 2.46. The van der Waals surface area contributed by atoms with Crippen LogP contribution in [0.15, 0.2) is 30.3 Å². The molecule has 4 heteroatoms. The summed E-state index contributed by atoms with van der Waals surface area (Å²) in [5.74, 6) is 0.761. The van der Waals surface area contributed by atoms with Crippen molar-refractivity contribution in [3.63, 3.8) is 0 Å². The van der Waals surface area contributed by atoms with Gasteiger partial charge in [0.25, 0.3) is 0 Å². The first-order valence-electron chi connectivity index (χ1n) is 7.27. The fourth-order valence-corrected chi connectivity index (χ4v) is 3.03. The molecule has 0 aliphatic carbocycles. The second-order valence-corrected chi connectivity index (χ2v) is 6.14. The Bertz CT molecular complexity index is 418. The molecule has 1 fully saturated rings. The molecule has 0 bridgehead atoms. The van der Waals surface area contributed by atoms with Crippen molar-refractivity contribution in [2.45, 2.75) is 18.8 Å². The summed E-state index contributed by atoms with van der Waals surface area (Å²) in [6.07, 6.45) is 2.43. The monoisotopic (exact) mass is 292 g/mol. The predicted octanol–water partition coefficient (Wildman–Crippen LogP) is 2.41. The molecule has 0 amide bonds. The van der Waals surface area contributed by atoms with Crippen LogP contribution in [0, 0.1) is 5.92 Å². The molecule has 0 saturated carbocycles. The third-order valence-electron chi connectivity index (χ3n) is 3.86. The van der Waals surface area contributed by atoms with Crippen LogP contribution in [0.3, 0.4) is 0 Å². The Morgan fingerprint density at radius 3 is 2.80 bits per heavy atom. The standard InChI is InChI=1S/C16H24N2OS/c1-18(10-13-6-5-9-19-12-13)11-15(16(17)20)14-7-3-2-4-8-14/h2-4,7-8,13,15H,5-6,9-12H2,1H3,(H2,17,20). The molecule has 110 valence electrons. The van der Waals surface area contributed by atoms with E-state index in [2.05, 4.69) is 24.1 Å². The highest BCUT2D eigenvalue weighted by atomic mass is 32.1. The number of rotatable bonds is 6. The van der Waals surface area contributed by atoms with Gasteiger partial charge in [0.1, 0.15) is 0 Å². The van der Waals surface area contributed by atoms with Crippen LogP contribution in [-0.4, -0.2) is 43.2 Å². The number of thiocarbonyl (C=S) groups is 1. The lowest BCUT2D eigenvalue weighted by molar-refractivity contribution is 0.0420. The molecule has 1 aromatic rings. The predicted molar refractivity (Wildman–Crippen MR) is 87.0 cm³/mol. The molecular formula is C16H24N2OS. The lowest BCUT2D eigenvalue weighted by Gasteiger charge is -2.29. The van der Waals surface area contributed by atoms with Gasteiger partial charge in [0.15, 0.2) is 0 Å². The van der Waals surface area contributed by atoms with Crippen LogP contribution >= 0.6 is 12.2 Å². The molecule has 3 nitrogen and oxygen atoms in total. The molecule has 0 radical (unpaired) electrons. The van der Waals surface area contributed by atoms with Gasteiger partial charge in [-0.25, -0.2) is 0 Å². The van der Waals surface area contributed by atoms with Crippen LogP contribution in [0.25, 0.3) is 0 Å². The number of nitrogens with two attached hydrogens (primary N) is 1. The minimum atomic E-state index is 0.126. The quantitative estimate of drug-likeness (QED) is 0.817. The summed E-state index contributed by atoms with van der Waals surface area (Å²) >= 11 is 5.25. The van der Waals surface area contributed by atoms with Crippen LogP contribution in [0.4, 0.5) is 0 Å². The van der Waals surface area contributed by atoms with E-state index in [1.54, 1.807) is 0 Å². The van der Waals surface area contributed by atoms with Crippen molar-refractivity contribution in [2.75, 3.05) is 33.4 Å². The summed E-state index contributed by atoms with van der Waals surface area (Å²) in [7, 11) is 2.14. The van der Waals surface area contributed by atoms with Crippen molar-refractivity contribution >= 4 is 17.2 Å². The van der Waals surface area contributed by atoms with E-state index in [1.165, 1.54) is 18.4 Å². The van der Waals surface area contributed by atoms with Gasteiger partial charge in [0.2, 0.25) is 0 Å². The zero-order chi connectivity index (χ0) is 14.4. The fourth-order valence-electron chi connectivity index (χ4n) is 2.82. The average molecular weight is 292 g/mol. The first kappa shape index (κ1) is 15.4. The van der Waals surface area contributed by atoms with Gasteiger partial charge in [-0.15, -0.1) is 0 Å². The summed E-state index contributed by atoms with van der Waals surface area (Å²) in [5.41, 5.74) is 7.13. The highest BCUT2D eigenvalue weighted by Crippen LogP contribution is 2.19. The molecule has 20 heavy (non-hydrogen) atoms. The highest BCUT2D eigenvalue weighted by Gasteiger charge is 2.20. The molecule has 2 unspecified atom stereocenters. The number of hydrogen-bond acceptors (Lipinski definition) is 3. The minimum absolute atomic E-state index is 0.126. The highest BCUT2D eigenvalue weighted by molar-refractivity contribution is 7.80. The Kier molecular flexibility index (Phi) is 5.95. The van der Waals surface area contributed by atoms with E-state index < -0.39 is 0 Å². The van der Waals surface area contributed by atoms with Gasteiger partial charge in [-0.3, -0.25) is 0 Å². The maximum atomic E-state index is 5.93. The van der Waals surface area contributed by atoms with Crippen LogP contribution in [-0.2, 0) is 4.74 Å². The van der Waals surface area contributed by atoms with Crippen molar-refractivity contribution in [1.82, 2.24) is 4.90 Å². The Morgan fingerprint density at radius 2 is 2.20 bits per heavy atom. The van der Waals surface area contributed by atoms with Gasteiger partial charge in [-0.1, -0.05) is 42.5 Å². The summed E-state index contributed by atoms with van der Waals surface area (Å²) in [4.78, 5) is 2.90. The molecule has 1 aliphatic rings. The summed E-state index contributed by atoms with van der Waals surface area (Å²) in [6, 6.07) is 10.3. The van der Waals surface area contributed by atoms with E-state index in [0.717, 1.165) is 26.3 Å². The molecule has 2 N–H and O–H groups in total. The zero-order valence-electron chi connectivity index (χ0n) is 12.1. The molecule has 2 rings (SSSR count). The lowest BCUT2D eigenvalue weighted by Crippen LogP contribution is -2.36. The third-order valence-corrected chi connectivity index (χ3v) is 4.15. The Morgan fingerprint density at radius 1 is 1.45 bits per heavy atom. The van der Waals surface area contributed by atoms with Gasteiger partial charge in [-0.2, -0.15) is 0 Å². The number of ether oxygens (including phenoxy) is 1. The second-order valence-electron chi connectivity index (χ2n) is 5.67. The lowest BCUT2D eigenvalue weighted by atomic mass is 9.97. The molecule has 1 saturated heterocycles. The van der Waals surface area contributed by atoms with Gasteiger partial charge in [-0.05, 0) is 31.4 Å². The van der Waals surface area contributed by atoms with Crippen molar-refractivity contribution < 1.29 is 4.74 Å². The van der Waals surface area contributed by atoms with Crippen LogP contribution in [0.5, 0.6) is 0 Å². The van der Waals surface area contributed by atoms with Crippen LogP contribution in [0.1, 0.15) is 24.3 Å². The van der Waals surface area contributed by atoms with Gasteiger partial charge >= 0.3 is 0 Å². The molecule has 0 aromatic heterocycles. The molecular weight excluding hydrogens is 268 g/mol. The number of nitrogens with zero attached hydrogens (tertiary/aromatic N) is 1. The third kappa shape index (κ3) is 4.54. The maximum absolute atomic E-state index is 5.93. The Hall–Kier alpha value is -0.970. The van der Waals surface area contributed by atoms with E-state index in [9.17, 15) is 0 Å². The second kappa shape index (κ2) is 7.72. The summed E-state index contributed by atoms with van der Waals surface area (Å²) < 4.78 is 5.54. The van der Waals surface area contributed by atoms with E-state index in [4.69, 9.17) is 22.7 Å².